The van der Waals surface area contributed by atoms with Gasteiger partial charge in [-0.1, -0.05) is 37.3 Å². The van der Waals surface area contributed by atoms with Gasteiger partial charge in [0, 0.05) is 5.39 Å². The summed E-state index contributed by atoms with van der Waals surface area (Å²) in [5.41, 5.74) is 1.88. The van der Waals surface area contributed by atoms with Gasteiger partial charge in [-0.05, 0) is 37.8 Å². The minimum absolute atomic E-state index is 0.141. The second kappa shape index (κ2) is 6.92. The molecule has 2 aromatic heterocycles. The Morgan fingerprint density at radius 3 is 2.75 bits per heavy atom. The fourth-order valence-corrected chi connectivity index (χ4v) is 5.14. The molecule has 8 heteroatoms. The van der Waals surface area contributed by atoms with Crippen LogP contribution in [0.2, 0.25) is 5.15 Å². The predicted molar refractivity (Wildman–Crippen MR) is 103 cm³/mol. The number of ether oxygens (including phenoxy) is 3. The van der Waals surface area contributed by atoms with E-state index in [-0.39, 0.29) is 18.8 Å². The zero-order valence-corrected chi connectivity index (χ0v) is 16.9. The fraction of sp³-hybridized carbons (Fsp3) is 0.700. The number of rotatable bonds is 4. The maximum atomic E-state index is 9.73. The fourth-order valence-electron chi connectivity index (χ4n) is 4.93. The minimum atomic E-state index is -0.730. The summed E-state index contributed by atoms with van der Waals surface area (Å²) in [7, 11) is 0. The van der Waals surface area contributed by atoms with Crippen LogP contribution in [0.1, 0.15) is 51.3 Å². The lowest BCUT2D eigenvalue weighted by atomic mass is 9.97. The van der Waals surface area contributed by atoms with Crippen LogP contribution in [0.4, 0.5) is 0 Å². The summed E-state index contributed by atoms with van der Waals surface area (Å²) in [5, 5.41) is 15.8. The highest BCUT2D eigenvalue weighted by Gasteiger charge is 2.56. The summed E-state index contributed by atoms with van der Waals surface area (Å²) in [6, 6.07) is 1.96. The molecule has 3 aliphatic rings. The van der Waals surface area contributed by atoms with Crippen molar-refractivity contribution in [3.05, 3.63) is 23.0 Å². The molecule has 7 nitrogen and oxygen atoms in total. The molecule has 1 N–H and O–H groups in total. The Balaban J connectivity index is 1.52. The van der Waals surface area contributed by atoms with Crippen LogP contribution < -0.4 is 0 Å². The first-order valence-electron chi connectivity index (χ1n) is 10.1. The lowest BCUT2D eigenvalue weighted by Gasteiger charge is -2.23. The number of hydrogen-bond donors (Lipinski definition) is 1. The van der Waals surface area contributed by atoms with E-state index in [2.05, 4.69) is 10.1 Å². The van der Waals surface area contributed by atoms with Crippen molar-refractivity contribution < 1.29 is 19.3 Å². The number of aromatic nitrogens is 3. The smallest absolute Gasteiger partial charge is 0.181 e. The summed E-state index contributed by atoms with van der Waals surface area (Å²) >= 11 is 6.37. The molecule has 4 atom stereocenters. The molecule has 1 aliphatic carbocycles. The summed E-state index contributed by atoms with van der Waals surface area (Å²) in [6.45, 7) is 3.59. The van der Waals surface area contributed by atoms with Crippen LogP contribution in [-0.2, 0) is 20.6 Å². The first kappa shape index (κ1) is 18.8. The molecule has 0 amide bonds. The summed E-state index contributed by atoms with van der Waals surface area (Å²) in [5.74, 6) is -0.0323. The molecule has 28 heavy (non-hydrogen) atoms. The van der Waals surface area contributed by atoms with Gasteiger partial charge in [0.15, 0.2) is 17.7 Å². The van der Waals surface area contributed by atoms with E-state index in [1.54, 1.807) is 4.68 Å². The number of nitrogens with zero attached hydrogens (tertiary/aromatic N) is 3. The number of aliphatic hydroxyl groups excluding tert-OH is 1. The number of fused-ring (bicyclic) bond motifs is 2. The van der Waals surface area contributed by atoms with E-state index in [0.29, 0.717) is 16.7 Å². The Morgan fingerprint density at radius 2 is 2.00 bits per heavy atom. The van der Waals surface area contributed by atoms with Crippen LogP contribution in [0.5, 0.6) is 0 Å². The van der Waals surface area contributed by atoms with Crippen LogP contribution in [0, 0.1) is 5.92 Å². The molecule has 4 heterocycles. The van der Waals surface area contributed by atoms with Crippen molar-refractivity contribution in [2.75, 3.05) is 6.61 Å². The van der Waals surface area contributed by atoms with Crippen LogP contribution >= 0.6 is 11.6 Å². The topological polar surface area (TPSA) is 78.6 Å². The van der Waals surface area contributed by atoms with Gasteiger partial charge in [0.05, 0.1) is 12.8 Å². The molecule has 1 saturated carbocycles. The average Bonchev–Trinajstić information content (AvgIpc) is 3.38. The van der Waals surface area contributed by atoms with Gasteiger partial charge in [-0.3, -0.25) is 0 Å². The van der Waals surface area contributed by atoms with Gasteiger partial charge in [0.25, 0.3) is 0 Å². The maximum Gasteiger partial charge on any atom is 0.181 e. The molecule has 152 valence electrons. The van der Waals surface area contributed by atoms with Crippen LogP contribution in [0.3, 0.4) is 0 Å². The first-order chi connectivity index (χ1) is 13.4. The number of pyridine rings is 1. The van der Waals surface area contributed by atoms with Gasteiger partial charge in [-0.25, -0.2) is 9.67 Å². The third-order valence-electron chi connectivity index (χ3n) is 6.15. The van der Waals surface area contributed by atoms with Crippen molar-refractivity contribution in [1.29, 1.82) is 0 Å². The molecule has 2 aliphatic heterocycles. The molecule has 2 saturated heterocycles. The zero-order valence-electron chi connectivity index (χ0n) is 16.2. The Bertz CT molecular complexity index is 880. The van der Waals surface area contributed by atoms with Crippen molar-refractivity contribution in [3.63, 3.8) is 0 Å². The number of aliphatic hydroxyl groups is 1. The van der Waals surface area contributed by atoms with Gasteiger partial charge in [-0.15, -0.1) is 0 Å². The van der Waals surface area contributed by atoms with Gasteiger partial charge >= 0.3 is 0 Å². The Morgan fingerprint density at radius 1 is 1.25 bits per heavy atom. The van der Waals surface area contributed by atoms with Gasteiger partial charge in [0.2, 0.25) is 0 Å². The Hall–Kier alpha value is -1.25. The van der Waals surface area contributed by atoms with E-state index in [9.17, 15) is 5.11 Å². The van der Waals surface area contributed by atoms with E-state index in [4.69, 9.17) is 25.8 Å². The number of halogens is 1. The summed E-state index contributed by atoms with van der Waals surface area (Å²) in [6.07, 6.45) is 6.28. The third-order valence-corrected chi connectivity index (χ3v) is 6.34. The summed E-state index contributed by atoms with van der Waals surface area (Å²) in [4.78, 5) is 4.54. The summed E-state index contributed by atoms with van der Waals surface area (Å²) < 4.78 is 19.8. The van der Waals surface area contributed by atoms with E-state index < -0.39 is 18.1 Å². The third kappa shape index (κ3) is 3.13. The molecule has 0 bridgehead atoms. The maximum absolute atomic E-state index is 9.73. The molecule has 2 aromatic rings. The molecule has 3 fully saturated rings. The SMILES string of the molecule is CC1(C)O[C@@H]2[C@H](O1)[C@@H](CO)O[C@H]2n1ncc2c(CC3CCCC3)cc(Cl)nc21. The zero-order chi connectivity index (χ0) is 19.5. The average molecular weight is 408 g/mol. The molecule has 5 rings (SSSR count). The van der Waals surface area contributed by atoms with Crippen molar-refractivity contribution in [2.45, 2.75) is 76.3 Å². The molecular formula is C20H26ClN3O4. The van der Waals surface area contributed by atoms with E-state index in [1.165, 1.54) is 31.2 Å². The standard InChI is InChI=1S/C20H26ClN3O4/c1-20(2)27-16-14(10-25)26-19(17(16)28-20)24-18-13(9-22-24)12(8-15(21)23-18)7-11-5-3-4-6-11/h8-9,11,14,16-17,19,25H,3-7,10H2,1-2H3/t14-,16-,17-,19-/m1/s1. The molecule has 0 spiro atoms. The highest BCUT2D eigenvalue weighted by Crippen LogP contribution is 2.43. The monoisotopic (exact) mass is 407 g/mol. The quantitative estimate of drug-likeness (QED) is 0.784. The highest BCUT2D eigenvalue weighted by atomic mass is 35.5. The second-order valence-corrected chi connectivity index (χ2v) is 8.98. The van der Waals surface area contributed by atoms with Gasteiger partial charge in [-0.2, -0.15) is 5.10 Å². The predicted octanol–water partition coefficient (Wildman–Crippen LogP) is 3.23. The first-order valence-corrected chi connectivity index (χ1v) is 10.5. The van der Waals surface area contributed by atoms with Crippen LogP contribution in [0.25, 0.3) is 11.0 Å². The lowest BCUT2D eigenvalue weighted by Crippen LogP contribution is -2.31. The van der Waals surface area contributed by atoms with Crippen molar-refractivity contribution in [1.82, 2.24) is 14.8 Å². The van der Waals surface area contributed by atoms with E-state index in [1.807, 2.05) is 26.1 Å². The van der Waals surface area contributed by atoms with Gasteiger partial charge in [0.1, 0.15) is 23.5 Å². The van der Waals surface area contributed by atoms with Crippen molar-refractivity contribution in [2.24, 2.45) is 5.92 Å². The molecule has 0 aromatic carbocycles. The largest absolute Gasteiger partial charge is 0.394 e. The lowest BCUT2D eigenvalue weighted by molar-refractivity contribution is -0.201. The normalized spacial score (nSPS) is 32.4. The van der Waals surface area contributed by atoms with Crippen molar-refractivity contribution >= 4 is 22.6 Å². The molecule has 0 radical (unpaired) electrons. The Kier molecular flexibility index (Phi) is 4.63. The van der Waals surface area contributed by atoms with Crippen LogP contribution in [-0.4, -0.2) is 50.6 Å². The molecular weight excluding hydrogens is 382 g/mol. The minimum Gasteiger partial charge on any atom is -0.394 e. The number of hydrogen-bond acceptors (Lipinski definition) is 6. The van der Waals surface area contributed by atoms with Gasteiger partial charge < -0.3 is 19.3 Å². The van der Waals surface area contributed by atoms with Crippen molar-refractivity contribution in [3.8, 4) is 0 Å². The Labute approximate surface area is 168 Å². The van der Waals surface area contributed by atoms with E-state index in [0.717, 1.165) is 11.8 Å². The van der Waals surface area contributed by atoms with Crippen LogP contribution in [0.15, 0.2) is 12.3 Å². The highest BCUT2D eigenvalue weighted by molar-refractivity contribution is 6.29. The van der Waals surface area contributed by atoms with E-state index >= 15 is 0 Å². The molecule has 0 unspecified atom stereocenters. The second-order valence-electron chi connectivity index (χ2n) is 8.60.